The van der Waals surface area contributed by atoms with Crippen molar-refractivity contribution in [3.05, 3.63) is 29.8 Å². The minimum Gasteiger partial charge on any atom is -0.396 e. The molecule has 0 radical (unpaired) electrons. The van der Waals surface area contributed by atoms with Gasteiger partial charge in [-0.25, -0.2) is 13.8 Å². The number of hydrogen-bond donors (Lipinski definition) is 1. The molecule has 0 fully saturated rings. The SMILES string of the molecule is CC1=NN(c2ccc(F)c(F)c2)C(=O)C1CCO. The fourth-order valence-corrected chi connectivity index (χ4v) is 1.87. The molecule has 0 saturated heterocycles. The van der Waals surface area contributed by atoms with Crippen molar-refractivity contribution in [1.29, 1.82) is 0 Å². The van der Waals surface area contributed by atoms with Gasteiger partial charge in [-0.15, -0.1) is 0 Å². The van der Waals surface area contributed by atoms with Gasteiger partial charge in [0.05, 0.1) is 11.6 Å². The summed E-state index contributed by atoms with van der Waals surface area (Å²) in [5.41, 5.74) is 0.734. The van der Waals surface area contributed by atoms with Crippen LogP contribution in [-0.4, -0.2) is 23.3 Å². The van der Waals surface area contributed by atoms with Crippen molar-refractivity contribution in [3.63, 3.8) is 0 Å². The van der Waals surface area contributed by atoms with Crippen LogP contribution in [0.25, 0.3) is 0 Å². The van der Waals surface area contributed by atoms with Crippen molar-refractivity contribution < 1.29 is 18.7 Å². The van der Waals surface area contributed by atoms with Crippen molar-refractivity contribution in [2.24, 2.45) is 11.0 Å². The van der Waals surface area contributed by atoms with Crippen LogP contribution < -0.4 is 5.01 Å². The van der Waals surface area contributed by atoms with E-state index in [4.69, 9.17) is 5.11 Å². The minimum atomic E-state index is -1.03. The van der Waals surface area contributed by atoms with E-state index in [-0.39, 0.29) is 24.6 Å². The lowest BCUT2D eigenvalue weighted by molar-refractivity contribution is -0.120. The Bertz CT molecular complexity index is 517. The molecule has 0 spiro atoms. The summed E-state index contributed by atoms with van der Waals surface area (Å²) in [5, 5.41) is 13.9. The number of rotatable bonds is 3. The number of benzene rings is 1. The van der Waals surface area contributed by atoms with E-state index in [1.165, 1.54) is 6.07 Å². The first-order chi connectivity index (χ1) is 8.54. The normalized spacial score (nSPS) is 19.3. The lowest BCUT2D eigenvalue weighted by atomic mass is 10.0. The smallest absolute Gasteiger partial charge is 0.256 e. The zero-order valence-electron chi connectivity index (χ0n) is 9.73. The number of aliphatic hydroxyl groups excluding tert-OH is 1. The molecule has 2 rings (SSSR count). The molecule has 6 heteroatoms. The van der Waals surface area contributed by atoms with E-state index in [0.29, 0.717) is 5.71 Å². The summed E-state index contributed by atoms with van der Waals surface area (Å²) < 4.78 is 25.9. The third-order valence-corrected chi connectivity index (χ3v) is 2.83. The highest BCUT2D eigenvalue weighted by Gasteiger charge is 2.34. The van der Waals surface area contributed by atoms with E-state index >= 15 is 0 Å². The van der Waals surface area contributed by atoms with Gasteiger partial charge in [-0.3, -0.25) is 4.79 Å². The second-order valence-electron chi connectivity index (χ2n) is 4.05. The molecule has 1 heterocycles. The number of hydrogen-bond acceptors (Lipinski definition) is 3. The van der Waals surface area contributed by atoms with Gasteiger partial charge in [0.15, 0.2) is 11.6 Å². The summed E-state index contributed by atoms with van der Waals surface area (Å²) >= 11 is 0. The molecular weight excluding hydrogens is 242 g/mol. The van der Waals surface area contributed by atoms with Crippen LogP contribution in [0, 0.1) is 17.6 Å². The van der Waals surface area contributed by atoms with Gasteiger partial charge < -0.3 is 5.11 Å². The zero-order valence-corrected chi connectivity index (χ0v) is 9.73. The Morgan fingerprint density at radius 2 is 2.11 bits per heavy atom. The van der Waals surface area contributed by atoms with Crippen molar-refractivity contribution in [1.82, 2.24) is 0 Å². The maximum atomic E-state index is 13.1. The van der Waals surface area contributed by atoms with Crippen molar-refractivity contribution in [3.8, 4) is 0 Å². The van der Waals surface area contributed by atoms with E-state index in [0.717, 1.165) is 17.1 Å². The molecule has 4 nitrogen and oxygen atoms in total. The predicted molar refractivity (Wildman–Crippen MR) is 62.1 cm³/mol. The van der Waals surface area contributed by atoms with Gasteiger partial charge in [0.2, 0.25) is 0 Å². The van der Waals surface area contributed by atoms with Crippen LogP contribution in [-0.2, 0) is 4.79 Å². The van der Waals surface area contributed by atoms with E-state index in [1.807, 2.05) is 0 Å². The van der Waals surface area contributed by atoms with Crippen molar-refractivity contribution in [2.75, 3.05) is 11.6 Å². The van der Waals surface area contributed by atoms with E-state index in [2.05, 4.69) is 5.10 Å². The van der Waals surface area contributed by atoms with E-state index < -0.39 is 17.6 Å². The van der Waals surface area contributed by atoms with E-state index in [9.17, 15) is 13.6 Å². The topological polar surface area (TPSA) is 52.9 Å². The van der Waals surface area contributed by atoms with Gasteiger partial charge in [-0.1, -0.05) is 0 Å². The van der Waals surface area contributed by atoms with Gasteiger partial charge in [-0.2, -0.15) is 5.10 Å². The van der Waals surface area contributed by atoms with Gasteiger partial charge in [0.25, 0.3) is 5.91 Å². The first-order valence-corrected chi connectivity index (χ1v) is 5.49. The number of aliphatic hydroxyl groups is 1. The maximum Gasteiger partial charge on any atom is 0.256 e. The van der Waals surface area contributed by atoms with Gasteiger partial charge >= 0.3 is 0 Å². The minimum absolute atomic E-state index is 0.130. The third-order valence-electron chi connectivity index (χ3n) is 2.83. The second kappa shape index (κ2) is 4.81. The van der Waals surface area contributed by atoms with E-state index in [1.54, 1.807) is 6.92 Å². The molecule has 1 aliphatic rings. The highest BCUT2D eigenvalue weighted by atomic mass is 19.2. The molecule has 1 atom stereocenters. The Morgan fingerprint density at radius 3 is 2.72 bits per heavy atom. The first kappa shape index (κ1) is 12.6. The average molecular weight is 254 g/mol. The number of carbonyl (C=O) groups excluding carboxylic acids is 1. The van der Waals surface area contributed by atoms with Gasteiger partial charge in [0.1, 0.15) is 0 Å². The van der Waals surface area contributed by atoms with Crippen LogP contribution in [0.5, 0.6) is 0 Å². The number of anilines is 1. The number of hydrazone groups is 1. The summed E-state index contributed by atoms with van der Waals surface area (Å²) in [5.74, 6) is -2.84. The fourth-order valence-electron chi connectivity index (χ4n) is 1.87. The Kier molecular flexibility index (Phi) is 3.38. The summed E-state index contributed by atoms with van der Waals surface area (Å²) in [6.45, 7) is 1.53. The van der Waals surface area contributed by atoms with Gasteiger partial charge in [-0.05, 0) is 25.5 Å². The largest absolute Gasteiger partial charge is 0.396 e. The Balaban J connectivity index is 2.30. The average Bonchev–Trinajstić information content (AvgIpc) is 2.61. The molecule has 18 heavy (non-hydrogen) atoms. The molecule has 1 amide bonds. The lowest BCUT2D eigenvalue weighted by Crippen LogP contribution is -2.27. The standard InChI is InChI=1S/C12H12F2N2O2/c1-7-9(4-5-17)12(18)16(15-7)8-2-3-10(13)11(14)6-8/h2-3,6,9,17H,4-5H2,1H3. The zero-order chi connectivity index (χ0) is 13.3. The molecular formula is C12H12F2N2O2. The van der Waals surface area contributed by atoms with Crippen LogP contribution in [0.1, 0.15) is 13.3 Å². The summed E-state index contributed by atoms with van der Waals surface area (Å²) in [7, 11) is 0. The molecule has 1 aromatic rings. The maximum absolute atomic E-state index is 13.1. The Hall–Kier alpha value is -1.82. The number of nitrogens with zero attached hydrogens (tertiary/aromatic N) is 2. The van der Waals surface area contributed by atoms with Gasteiger partial charge in [0, 0.05) is 18.4 Å². The van der Waals surface area contributed by atoms with Crippen LogP contribution in [0.4, 0.5) is 14.5 Å². The molecule has 0 aliphatic carbocycles. The highest BCUT2D eigenvalue weighted by Crippen LogP contribution is 2.26. The molecule has 0 saturated carbocycles. The summed E-state index contributed by atoms with van der Waals surface area (Å²) in [6.07, 6.45) is 0.272. The number of carbonyl (C=O) groups is 1. The summed E-state index contributed by atoms with van der Waals surface area (Å²) in [4.78, 5) is 12.0. The molecule has 1 aromatic carbocycles. The van der Waals surface area contributed by atoms with Crippen LogP contribution in [0.15, 0.2) is 23.3 Å². The van der Waals surface area contributed by atoms with Crippen LogP contribution in [0.3, 0.4) is 0 Å². The monoisotopic (exact) mass is 254 g/mol. The molecule has 1 unspecified atom stereocenters. The molecule has 0 aromatic heterocycles. The highest BCUT2D eigenvalue weighted by molar-refractivity contribution is 6.14. The van der Waals surface area contributed by atoms with Crippen molar-refractivity contribution >= 4 is 17.3 Å². The lowest BCUT2D eigenvalue weighted by Gasteiger charge is -2.13. The predicted octanol–water partition coefficient (Wildman–Crippen LogP) is 1.69. The third kappa shape index (κ3) is 2.11. The van der Waals surface area contributed by atoms with Crippen LogP contribution in [0.2, 0.25) is 0 Å². The number of halogens is 2. The molecule has 1 aliphatic heterocycles. The summed E-state index contributed by atoms with van der Waals surface area (Å²) in [6, 6.07) is 3.15. The van der Waals surface area contributed by atoms with Crippen LogP contribution >= 0.6 is 0 Å². The quantitative estimate of drug-likeness (QED) is 0.892. The molecule has 0 bridgehead atoms. The second-order valence-corrected chi connectivity index (χ2v) is 4.05. The first-order valence-electron chi connectivity index (χ1n) is 5.49. The number of amides is 1. The fraction of sp³-hybridized carbons (Fsp3) is 0.333. The molecule has 1 N–H and O–H groups in total. The Labute approximate surface area is 103 Å². The molecule has 96 valence electrons. The Morgan fingerprint density at radius 1 is 1.39 bits per heavy atom. The van der Waals surface area contributed by atoms with Crippen molar-refractivity contribution in [2.45, 2.75) is 13.3 Å².